The van der Waals surface area contributed by atoms with Crippen molar-refractivity contribution in [2.45, 2.75) is 25.4 Å². The van der Waals surface area contributed by atoms with Crippen LogP contribution in [0.25, 0.3) is 0 Å². The highest BCUT2D eigenvalue weighted by Crippen LogP contribution is 2.14. The third kappa shape index (κ3) is 3.47. The molecule has 2 rings (SSSR count). The summed E-state index contributed by atoms with van der Waals surface area (Å²) in [4.78, 5) is 24.8. The van der Waals surface area contributed by atoms with E-state index in [2.05, 4.69) is 0 Å². The van der Waals surface area contributed by atoms with Crippen LogP contribution in [0.5, 0.6) is 0 Å². The van der Waals surface area contributed by atoms with Crippen LogP contribution in [-0.2, 0) is 20.7 Å². The summed E-state index contributed by atoms with van der Waals surface area (Å²) in [6.07, 6.45) is 0.861. The molecule has 19 heavy (non-hydrogen) atoms. The predicted molar refractivity (Wildman–Crippen MR) is 71.3 cm³/mol. The SMILES string of the molecule is CN1CCC(OC(=O)CCc2ccc(N)cc2)C1=O. The first-order chi connectivity index (χ1) is 9.06. The molecule has 0 spiro atoms. The van der Waals surface area contributed by atoms with Gasteiger partial charge in [-0.15, -0.1) is 0 Å². The summed E-state index contributed by atoms with van der Waals surface area (Å²) in [6.45, 7) is 0.648. The quantitative estimate of drug-likeness (QED) is 0.648. The zero-order chi connectivity index (χ0) is 13.8. The summed E-state index contributed by atoms with van der Waals surface area (Å²) in [7, 11) is 1.71. The molecule has 1 aromatic carbocycles. The summed E-state index contributed by atoms with van der Waals surface area (Å²) in [5.41, 5.74) is 7.31. The van der Waals surface area contributed by atoms with Crippen molar-refractivity contribution in [2.24, 2.45) is 0 Å². The second-order valence-electron chi connectivity index (χ2n) is 4.77. The number of nitrogen functional groups attached to an aromatic ring is 1. The number of hydrogen-bond donors (Lipinski definition) is 1. The predicted octanol–water partition coefficient (Wildman–Crippen LogP) is 0.975. The van der Waals surface area contributed by atoms with Crippen molar-refractivity contribution >= 4 is 17.6 Å². The number of hydrogen-bond acceptors (Lipinski definition) is 4. The van der Waals surface area contributed by atoms with E-state index in [0.717, 1.165) is 5.56 Å². The van der Waals surface area contributed by atoms with Crippen LogP contribution >= 0.6 is 0 Å². The number of esters is 1. The van der Waals surface area contributed by atoms with E-state index in [1.165, 1.54) is 0 Å². The highest BCUT2D eigenvalue weighted by molar-refractivity contribution is 5.85. The van der Waals surface area contributed by atoms with Gasteiger partial charge in [0.2, 0.25) is 0 Å². The van der Waals surface area contributed by atoms with Crippen LogP contribution in [0, 0.1) is 0 Å². The highest BCUT2D eigenvalue weighted by Gasteiger charge is 2.31. The Morgan fingerprint density at radius 2 is 2.11 bits per heavy atom. The summed E-state index contributed by atoms with van der Waals surface area (Å²) in [6, 6.07) is 7.38. The molecule has 1 amide bonds. The number of carbonyl (C=O) groups excluding carboxylic acids is 2. The van der Waals surface area contributed by atoms with Gasteiger partial charge in [-0.3, -0.25) is 9.59 Å². The zero-order valence-corrected chi connectivity index (χ0v) is 11.0. The van der Waals surface area contributed by atoms with Crippen LogP contribution in [0.4, 0.5) is 5.69 Å². The molecular formula is C14H18N2O3. The van der Waals surface area contributed by atoms with Crippen LogP contribution in [0.1, 0.15) is 18.4 Å². The van der Waals surface area contributed by atoms with Gasteiger partial charge >= 0.3 is 5.97 Å². The number of anilines is 1. The molecule has 102 valence electrons. The topological polar surface area (TPSA) is 72.6 Å². The largest absolute Gasteiger partial charge is 0.452 e. The third-order valence-corrected chi connectivity index (χ3v) is 3.25. The lowest BCUT2D eigenvalue weighted by molar-refractivity contribution is -0.155. The number of rotatable bonds is 4. The fourth-order valence-electron chi connectivity index (χ4n) is 2.05. The van der Waals surface area contributed by atoms with Crippen LogP contribution in [0.3, 0.4) is 0 Å². The van der Waals surface area contributed by atoms with Crippen LogP contribution in [0.15, 0.2) is 24.3 Å². The van der Waals surface area contributed by atoms with Crippen molar-refractivity contribution in [1.82, 2.24) is 4.90 Å². The molecule has 1 saturated heterocycles. The van der Waals surface area contributed by atoms with Crippen LogP contribution in [-0.4, -0.2) is 36.5 Å². The van der Waals surface area contributed by atoms with E-state index in [1.54, 1.807) is 24.1 Å². The van der Waals surface area contributed by atoms with Gasteiger partial charge in [-0.1, -0.05) is 12.1 Å². The van der Waals surface area contributed by atoms with E-state index < -0.39 is 6.10 Å². The van der Waals surface area contributed by atoms with Crippen molar-refractivity contribution in [2.75, 3.05) is 19.3 Å². The molecule has 1 atom stereocenters. The summed E-state index contributed by atoms with van der Waals surface area (Å²) >= 11 is 0. The smallest absolute Gasteiger partial charge is 0.306 e. The molecule has 0 aromatic heterocycles. The Morgan fingerprint density at radius 3 is 2.68 bits per heavy atom. The number of nitrogens with zero attached hydrogens (tertiary/aromatic N) is 1. The number of benzene rings is 1. The Balaban J connectivity index is 1.79. The summed E-state index contributed by atoms with van der Waals surface area (Å²) in [5, 5.41) is 0. The standard InChI is InChI=1S/C14H18N2O3/c1-16-9-8-12(14(16)18)19-13(17)7-4-10-2-5-11(15)6-3-10/h2-3,5-6,12H,4,7-9,15H2,1H3. The van der Waals surface area contributed by atoms with Gasteiger partial charge in [0.05, 0.1) is 0 Å². The number of aryl methyl sites for hydroxylation is 1. The maximum Gasteiger partial charge on any atom is 0.306 e. The van der Waals surface area contributed by atoms with Crippen molar-refractivity contribution in [1.29, 1.82) is 0 Å². The van der Waals surface area contributed by atoms with Gasteiger partial charge in [-0.2, -0.15) is 0 Å². The molecule has 1 aromatic rings. The highest BCUT2D eigenvalue weighted by atomic mass is 16.5. The van der Waals surface area contributed by atoms with E-state index in [1.807, 2.05) is 12.1 Å². The lowest BCUT2D eigenvalue weighted by Gasteiger charge is -2.11. The second kappa shape index (κ2) is 5.73. The van der Waals surface area contributed by atoms with Crippen molar-refractivity contribution in [3.8, 4) is 0 Å². The van der Waals surface area contributed by atoms with Crippen molar-refractivity contribution in [3.63, 3.8) is 0 Å². The Bertz CT molecular complexity index is 470. The molecule has 5 nitrogen and oxygen atoms in total. The van der Waals surface area contributed by atoms with Gasteiger partial charge in [0, 0.05) is 32.1 Å². The number of ether oxygens (including phenoxy) is 1. The van der Waals surface area contributed by atoms with Gasteiger partial charge < -0.3 is 15.4 Å². The van der Waals surface area contributed by atoms with Crippen LogP contribution in [0.2, 0.25) is 0 Å². The van der Waals surface area contributed by atoms with E-state index in [0.29, 0.717) is 25.1 Å². The fourth-order valence-corrected chi connectivity index (χ4v) is 2.05. The number of carbonyl (C=O) groups is 2. The first-order valence-corrected chi connectivity index (χ1v) is 6.35. The summed E-state index contributed by atoms with van der Waals surface area (Å²) in [5.74, 6) is -0.439. The Kier molecular flexibility index (Phi) is 4.04. The van der Waals surface area contributed by atoms with Crippen molar-refractivity contribution < 1.29 is 14.3 Å². The fraction of sp³-hybridized carbons (Fsp3) is 0.429. The first-order valence-electron chi connectivity index (χ1n) is 6.35. The molecule has 0 saturated carbocycles. The molecule has 0 radical (unpaired) electrons. The Labute approximate surface area is 112 Å². The normalized spacial score (nSPS) is 18.7. The lowest BCUT2D eigenvalue weighted by Crippen LogP contribution is -2.29. The third-order valence-electron chi connectivity index (χ3n) is 3.25. The molecule has 1 aliphatic heterocycles. The summed E-state index contributed by atoms with van der Waals surface area (Å²) < 4.78 is 5.18. The minimum Gasteiger partial charge on any atom is -0.452 e. The lowest BCUT2D eigenvalue weighted by atomic mass is 10.1. The maximum absolute atomic E-state index is 11.7. The zero-order valence-electron chi connectivity index (χ0n) is 11.0. The average Bonchev–Trinajstić information content (AvgIpc) is 2.70. The molecule has 1 aliphatic rings. The van der Waals surface area contributed by atoms with Gasteiger partial charge in [-0.25, -0.2) is 0 Å². The number of likely N-dealkylation sites (tertiary alicyclic amines) is 1. The first kappa shape index (κ1) is 13.4. The number of amides is 1. The minimum absolute atomic E-state index is 0.110. The molecule has 5 heteroatoms. The maximum atomic E-state index is 11.7. The average molecular weight is 262 g/mol. The monoisotopic (exact) mass is 262 g/mol. The van der Waals surface area contributed by atoms with Gasteiger partial charge in [0.1, 0.15) is 0 Å². The van der Waals surface area contributed by atoms with Gasteiger partial charge in [0.15, 0.2) is 6.10 Å². The molecule has 0 aliphatic carbocycles. The Hall–Kier alpha value is -2.04. The van der Waals surface area contributed by atoms with Crippen LogP contribution < -0.4 is 5.73 Å². The van der Waals surface area contributed by atoms with E-state index in [-0.39, 0.29) is 18.3 Å². The van der Waals surface area contributed by atoms with Crippen molar-refractivity contribution in [3.05, 3.63) is 29.8 Å². The van der Waals surface area contributed by atoms with E-state index >= 15 is 0 Å². The molecule has 1 fully saturated rings. The molecular weight excluding hydrogens is 244 g/mol. The number of nitrogens with two attached hydrogens (primary N) is 1. The Morgan fingerprint density at radius 1 is 1.42 bits per heavy atom. The van der Waals surface area contributed by atoms with E-state index in [4.69, 9.17) is 10.5 Å². The minimum atomic E-state index is -0.594. The molecule has 1 unspecified atom stereocenters. The molecule has 0 bridgehead atoms. The molecule has 1 heterocycles. The second-order valence-corrected chi connectivity index (χ2v) is 4.77. The van der Waals surface area contributed by atoms with E-state index in [9.17, 15) is 9.59 Å². The molecule has 2 N–H and O–H groups in total. The van der Waals surface area contributed by atoms with Gasteiger partial charge in [-0.05, 0) is 24.1 Å². The number of likely N-dealkylation sites (N-methyl/N-ethyl adjacent to an activating group) is 1. The van der Waals surface area contributed by atoms with Gasteiger partial charge in [0.25, 0.3) is 5.91 Å².